The predicted octanol–water partition coefficient (Wildman–Crippen LogP) is 4.33. The minimum Gasteiger partial charge on any atom is -0.490 e. The normalized spacial score (nSPS) is 11.3. The Labute approximate surface area is 133 Å². The summed E-state index contributed by atoms with van der Waals surface area (Å²) in [5, 5.41) is 0. The second kappa shape index (κ2) is 6.73. The highest BCUT2D eigenvalue weighted by Gasteiger charge is 2.13. The van der Waals surface area contributed by atoms with Crippen molar-refractivity contribution in [3.05, 3.63) is 53.6 Å². The molecule has 0 bridgehead atoms. The van der Waals surface area contributed by atoms with E-state index in [1.165, 1.54) is 5.56 Å². The van der Waals surface area contributed by atoms with Crippen LogP contribution < -0.4 is 15.2 Å². The van der Waals surface area contributed by atoms with Gasteiger partial charge >= 0.3 is 0 Å². The summed E-state index contributed by atoms with van der Waals surface area (Å²) in [5.74, 6) is 1.58. The van der Waals surface area contributed by atoms with Gasteiger partial charge in [-0.05, 0) is 47.7 Å². The highest BCUT2D eigenvalue weighted by molar-refractivity contribution is 5.53. The maximum absolute atomic E-state index is 5.88. The fraction of sp³-hybridized carbons (Fsp3) is 0.368. The lowest BCUT2D eigenvalue weighted by Gasteiger charge is -2.19. The topological polar surface area (TPSA) is 44.5 Å². The molecule has 3 heteroatoms. The van der Waals surface area contributed by atoms with Crippen molar-refractivity contribution in [3.8, 4) is 11.5 Å². The highest BCUT2D eigenvalue weighted by Crippen LogP contribution is 2.26. The monoisotopic (exact) mass is 299 g/mol. The summed E-state index contributed by atoms with van der Waals surface area (Å²) in [5.41, 5.74) is 9.04. The van der Waals surface area contributed by atoms with Crippen LogP contribution in [0.25, 0.3) is 0 Å². The van der Waals surface area contributed by atoms with Gasteiger partial charge in [0.05, 0.1) is 5.69 Å². The van der Waals surface area contributed by atoms with Gasteiger partial charge in [-0.2, -0.15) is 0 Å². The van der Waals surface area contributed by atoms with Gasteiger partial charge < -0.3 is 15.2 Å². The predicted molar refractivity (Wildman–Crippen MR) is 91.7 cm³/mol. The lowest BCUT2D eigenvalue weighted by molar-refractivity contribution is 0.217. The Hall–Kier alpha value is -2.16. The molecule has 0 aliphatic carbocycles. The van der Waals surface area contributed by atoms with Crippen LogP contribution >= 0.6 is 0 Å². The Morgan fingerprint density at radius 3 is 2.41 bits per heavy atom. The Kier molecular flexibility index (Phi) is 4.96. The Bertz CT molecular complexity index is 630. The van der Waals surface area contributed by atoms with E-state index in [-0.39, 0.29) is 5.41 Å². The van der Waals surface area contributed by atoms with Crippen LogP contribution in [0.5, 0.6) is 11.5 Å². The van der Waals surface area contributed by atoms with Crippen molar-refractivity contribution < 1.29 is 9.47 Å². The zero-order chi connectivity index (χ0) is 16.2. The lowest BCUT2D eigenvalue weighted by Crippen LogP contribution is -2.12. The molecule has 2 rings (SSSR count). The Balaban J connectivity index is 1.88. The van der Waals surface area contributed by atoms with Crippen LogP contribution in [0.4, 0.5) is 5.69 Å². The summed E-state index contributed by atoms with van der Waals surface area (Å²) in [4.78, 5) is 0. The molecular formula is C19H25NO2. The van der Waals surface area contributed by atoms with Gasteiger partial charge in [-0.3, -0.25) is 0 Å². The van der Waals surface area contributed by atoms with E-state index < -0.39 is 0 Å². The lowest BCUT2D eigenvalue weighted by atomic mass is 9.87. The largest absolute Gasteiger partial charge is 0.490 e. The van der Waals surface area contributed by atoms with Crippen LogP contribution in [0.15, 0.2) is 42.5 Å². The van der Waals surface area contributed by atoms with Crippen molar-refractivity contribution in [3.63, 3.8) is 0 Å². The van der Waals surface area contributed by atoms with Crippen LogP contribution in [0.2, 0.25) is 0 Å². The van der Waals surface area contributed by atoms with E-state index in [0.29, 0.717) is 24.7 Å². The molecule has 22 heavy (non-hydrogen) atoms. The number of nitrogens with two attached hydrogens (primary N) is 1. The second-order valence-corrected chi connectivity index (χ2v) is 6.52. The quantitative estimate of drug-likeness (QED) is 0.660. The van der Waals surface area contributed by atoms with Gasteiger partial charge in [-0.25, -0.2) is 0 Å². The first-order valence-electron chi connectivity index (χ1n) is 7.58. The van der Waals surface area contributed by atoms with E-state index in [1.54, 1.807) is 0 Å². The number of ether oxygens (including phenoxy) is 2. The summed E-state index contributed by atoms with van der Waals surface area (Å²) in [6, 6.07) is 14.0. The maximum Gasteiger partial charge on any atom is 0.142 e. The molecular weight excluding hydrogens is 274 g/mol. The van der Waals surface area contributed by atoms with Crippen LogP contribution in [-0.4, -0.2) is 13.2 Å². The summed E-state index contributed by atoms with van der Waals surface area (Å²) in [7, 11) is 0. The Morgan fingerprint density at radius 1 is 0.955 bits per heavy atom. The van der Waals surface area contributed by atoms with Gasteiger partial charge in [0.25, 0.3) is 0 Å². The van der Waals surface area contributed by atoms with Crippen LogP contribution in [-0.2, 0) is 5.41 Å². The van der Waals surface area contributed by atoms with E-state index in [4.69, 9.17) is 15.2 Å². The van der Waals surface area contributed by atoms with Crippen molar-refractivity contribution in [1.82, 2.24) is 0 Å². The van der Waals surface area contributed by atoms with Crippen LogP contribution in [0.1, 0.15) is 31.9 Å². The van der Waals surface area contributed by atoms with Gasteiger partial charge in [0, 0.05) is 0 Å². The van der Waals surface area contributed by atoms with Crippen molar-refractivity contribution in [2.75, 3.05) is 18.9 Å². The molecule has 2 aromatic carbocycles. The van der Waals surface area contributed by atoms with E-state index >= 15 is 0 Å². The minimum absolute atomic E-state index is 0.117. The van der Waals surface area contributed by atoms with Gasteiger partial charge in [0.15, 0.2) is 0 Å². The van der Waals surface area contributed by atoms with E-state index in [1.807, 2.05) is 37.3 Å². The molecule has 0 unspecified atom stereocenters. The number of hydrogen-bond donors (Lipinski definition) is 1. The standard InChI is InChI=1S/C19H25NO2/c1-14-8-9-17(20)18(12-14)22-11-10-21-16-7-5-6-15(13-16)19(2,3)4/h5-9,12-13H,10-11,20H2,1-4H3. The van der Waals surface area contributed by atoms with E-state index in [9.17, 15) is 0 Å². The molecule has 0 fully saturated rings. The molecule has 0 saturated carbocycles. The van der Waals surface area contributed by atoms with Gasteiger partial charge in [-0.1, -0.05) is 39.0 Å². The van der Waals surface area contributed by atoms with Crippen molar-refractivity contribution in [2.24, 2.45) is 0 Å². The van der Waals surface area contributed by atoms with Crippen LogP contribution in [0, 0.1) is 6.92 Å². The molecule has 2 N–H and O–H groups in total. The molecule has 0 aliphatic heterocycles. The fourth-order valence-corrected chi connectivity index (χ4v) is 2.13. The van der Waals surface area contributed by atoms with Gasteiger partial charge in [-0.15, -0.1) is 0 Å². The number of nitrogen functional groups attached to an aromatic ring is 1. The molecule has 0 spiro atoms. The van der Waals surface area contributed by atoms with Gasteiger partial charge in [0.1, 0.15) is 24.7 Å². The molecule has 0 aromatic heterocycles. The zero-order valence-corrected chi connectivity index (χ0v) is 13.8. The van der Waals surface area contributed by atoms with E-state index in [2.05, 4.69) is 32.9 Å². The highest BCUT2D eigenvalue weighted by atomic mass is 16.5. The molecule has 0 radical (unpaired) electrons. The number of rotatable bonds is 5. The summed E-state index contributed by atoms with van der Waals surface area (Å²) in [6.07, 6.45) is 0. The smallest absolute Gasteiger partial charge is 0.142 e. The van der Waals surface area contributed by atoms with Crippen molar-refractivity contribution in [1.29, 1.82) is 0 Å². The molecule has 3 nitrogen and oxygen atoms in total. The molecule has 0 amide bonds. The summed E-state index contributed by atoms with van der Waals surface area (Å²) in [6.45, 7) is 9.54. The third-order valence-electron chi connectivity index (χ3n) is 3.48. The zero-order valence-electron chi connectivity index (χ0n) is 13.8. The number of benzene rings is 2. The SMILES string of the molecule is Cc1ccc(N)c(OCCOc2cccc(C(C)(C)C)c2)c1. The van der Waals surface area contributed by atoms with Crippen molar-refractivity contribution >= 4 is 5.69 Å². The Morgan fingerprint density at radius 2 is 1.68 bits per heavy atom. The van der Waals surface area contributed by atoms with Gasteiger partial charge in [0.2, 0.25) is 0 Å². The molecule has 118 valence electrons. The molecule has 0 heterocycles. The number of aryl methyl sites for hydroxylation is 1. The first kappa shape index (κ1) is 16.2. The average molecular weight is 299 g/mol. The second-order valence-electron chi connectivity index (χ2n) is 6.52. The third kappa shape index (κ3) is 4.42. The number of hydrogen-bond acceptors (Lipinski definition) is 3. The van der Waals surface area contributed by atoms with E-state index in [0.717, 1.165) is 11.3 Å². The number of anilines is 1. The maximum atomic E-state index is 5.88. The fourth-order valence-electron chi connectivity index (χ4n) is 2.13. The van der Waals surface area contributed by atoms with Crippen LogP contribution in [0.3, 0.4) is 0 Å². The third-order valence-corrected chi connectivity index (χ3v) is 3.48. The molecule has 0 atom stereocenters. The molecule has 0 aliphatic rings. The first-order valence-corrected chi connectivity index (χ1v) is 7.58. The molecule has 0 saturated heterocycles. The van der Waals surface area contributed by atoms with Crippen molar-refractivity contribution in [2.45, 2.75) is 33.1 Å². The summed E-state index contributed by atoms with van der Waals surface area (Å²) < 4.78 is 11.5. The molecule has 2 aromatic rings. The average Bonchev–Trinajstić information content (AvgIpc) is 2.46. The minimum atomic E-state index is 0.117. The summed E-state index contributed by atoms with van der Waals surface area (Å²) >= 11 is 0. The first-order chi connectivity index (χ1) is 10.4.